The maximum atomic E-state index is 11.4. The van der Waals surface area contributed by atoms with E-state index in [1.165, 1.54) is 4.80 Å². The van der Waals surface area contributed by atoms with Crippen molar-refractivity contribution in [2.75, 3.05) is 12.4 Å². The van der Waals surface area contributed by atoms with Gasteiger partial charge in [0.2, 0.25) is 0 Å². The minimum Gasteiger partial charge on any atom is -0.388 e. The highest BCUT2D eigenvalue weighted by atomic mass is 16.1. The lowest BCUT2D eigenvalue weighted by molar-refractivity contribution is 0.736. The summed E-state index contributed by atoms with van der Waals surface area (Å²) in [4.78, 5) is 12.9. The number of nitrogens with one attached hydrogen (secondary N) is 2. The Morgan fingerprint density at radius 1 is 1.50 bits per heavy atom. The second-order valence-electron chi connectivity index (χ2n) is 3.45. The third-order valence-corrected chi connectivity index (χ3v) is 2.40. The number of H-pyrrole nitrogens is 1. The van der Waals surface area contributed by atoms with Gasteiger partial charge in [0.25, 0.3) is 5.56 Å². The van der Waals surface area contributed by atoms with Gasteiger partial charge in [0, 0.05) is 12.7 Å². The monoisotopic (exact) mass is 218 g/mol. The first-order chi connectivity index (χ1) is 7.74. The van der Waals surface area contributed by atoms with Gasteiger partial charge in [-0.2, -0.15) is 9.90 Å². The minimum atomic E-state index is -0.127. The van der Waals surface area contributed by atoms with E-state index in [1.807, 2.05) is 38.2 Å². The van der Waals surface area contributed by atoms with Crippen LogP contribution in [-0.4, -0.2) is 22.0 Å². The summed E-state index contributed by atoms with van der Waals surface area (Å²) in [6.07, 6.45) is 0.633. The first-order valence-corrected chi connectivity index (χ1v) is 5.21. The number of nitrogens with zero attached hydrogens (tertiary/aromatic N) is 2. The van der Waals surface area contributed by atoms with E-state index in [9.17, 15) is 4.79 Å². The molecule has 0 aliphatic rings. The number of aryl methyl sites for hydroxylation is 1. The van der Waals surface area contributed by atoms with Gasteiger partial charge in [-0.1, -0.05) is 13.0 Å². The molecule has 0 unspecified atom stereocenters. The van der Waals surface area contributed by atoms with E-state index in [0.29, 0.717) is 12.1 Å². The van der Waals surface area contributed by atoms with E-state index in [1.54, 1.807) is 0 Å². The van der Waals surface area contributed by atoms with Crippen molar-refractivity contribution in [3.63, 3.8) is 0 Å². The fraction of sp³-hybridized carbons (Fsp3) is 0.273. The van der Waals surface area contributed by atoms with Crippen LogP contribution < -0.4 is 10.9 Å². The summed E-state index contributed by atoms with van der Waals surface area (Å²) in [6, 6.07) is 7.67. The predicted octanol–water partition coefficient (Wildman–Crippen LogP) is 1.16. The number of benzene rings is 1. The van der Waals surface area contributed by atoms with Gasteiger partial charge in [0.15, 0.2) is 0 Å². The third-order valence-electron chi connectivity index (χ3n) is 2.40. The van der Waals surface area contributed by atoms with Crippen LogP contribution in [-0.2, 0) is 6.42 Å². The molecule has 84 valence electrons. The molecule has 0 aliphatic heterocycles. The summed E-state index contributed by atoms with van der Waals surface area (Å²) in [5, 5.41) is 9.92. The lowest BCUT2D eigenvalue weighted by atomic mass is 10.3. The van der Waals surface area contributed by atoms with Crippen molar-refractivity contribution in [1.29, 1.82) is 0 Å². The largest absolute Gasteiger partial charge is 0.388 e. The molecule has 1 heterocycles. The molecule has 0 amide bonds. The summed E-state index contributed by atoms with van der Waals surface area (Å²) in [5.41, 5.74) is 2.24. The molecule has 0 aliphatic carbocycles. The van der Waals surface area contributed by atoms with Crippen molar-refractivity contribution >= 4 is 5.69 Å². The minimum absolute atomic E-state index is 0.127. The van der Waals surface area contributed by atoms with E-state index in [2.05, 4.69) is 15.5 Å². The summed E-state index contributed by atoms with van der Waals surface area (Å²) >= 11 is 0. The molecular weight excluding hydrogens is 204 g/mol. The van der Waals surface area contributed by atoms with Crippen LogP contribution in [0, 0.1) is 0 Å². The number of anilines is 1. The molecule has 2 aromatic rings. The molecule has 0 radical (unpaired) electrons. The molecule has 16 heavy (non-hydrogen) atoms. The number of hydrogen-bond donors (Lipinski definition) is 2. The lowest BCUT2D eigenvalue weighted by Crippen LogP contribution is -2.06. The Balaban J connectivity index is 2.45. The standard InChI is InChI=1S/C11H14N4O/c1-3-10-11(16)14-15(13-10)9-6-4-5-8(7-9)12-2/h4-7,12H,3H2,1-2H3,(H,14,16). The first kappa shape index (κ1) is 10.5. The average Bonchev–Trinajstić information content (AvgIpc) is 2.71. The summed E-state index contributed by atoms with van der Waals surface area (Å²) < 4.78 is 0. The van der Waals surface area contributed by atoms with E-state index in [0.717, 1.165) is 11.4 Å². The Kier molecular flexibility index (Phi) is 2.76. The summed E-state index contributed by atoms with van der Waals surface area (Å²) in [5.74, 6) is 0. The second kappa shape index (κ2) is 4.22. The van der Waals surface area contributed by atoms with Crippen LogP contribution >= 0.6 is 0 Å². The number of hydrogen-bond acceptors (Lipinski definition) is 3. The van der Waals surface area contributed by atoms with Gasteiger partial charge >= 0.3 is 0 Å². The number of aromatic nitrogens is 3. The maximum absolute atomic E-state index is 11.4. The Bertz CT molecular complexity index is 541. The van der Waals surface area contributed by atoms with Crippen LogP contribution in [0.5, 0.6) is 0 Å². The van der Waals surface area contributed by atoms with Gasteiger partial charge in [-0.25, -0.2) is 5.10 Å². The molecule has 0 bridgehead atoms. The van der Waals surface area contributed by atoms with Gasteiger partial charge < -0.3 is 5.32 Å². The van der Waals surface area contributed by atoms with Crippen LogP contribution in [0.2, 0.25) is 0 Å². The average molecular weight is 218 g/mol. The highest BCUT2D eigenvalue weighted by Crippen LogP contribution is 2.11. The van der Waals surface area contributed by atoms with Crippen LogP contribution in [0.4, 0.5) is 5.69 Å². The molecule has 2 rings (SSSR count). The van der Waals surface area contributed by atoms with Gasteiger partial charge in [0.05, 0.1) is 5.69 Å². The Morgan fingerprint density at radius 2 is 2.31 bits per heavy atom. The smallest absolute Gasteiger partial charge is 0.287 e. The molecule has 0 spiro atoms. The molecule has 5 nitrogen and oxygen atoms in total. The van der Waals surface area contributed by atoms with Crippen LogP contribution in [0.3, 0.4) is 0 Å². The molecule has 0 atom stereocenters. The molecule has 0 saturated heterocycles. The summed E-state index contributed by atoms with van der Waals surface area (Å²) in [7, 11) is 1.85. The predicted molar refractivity (Wildman–Crippen MR) is 63.1 cm³/mol. The maximum Gasteiger partial charge on any atom is 0.287 e. The van der Waals surface area contributed by atoms with Crippen molar-refractivity contribution in [2.24, 2.45) is 0 Å². The van der Waals surface area contributed by atoms with E-state index < -0.39 is 0 Å². The van der Waals surface area contributed by atoms with Crippen molar-refractivity contribution in [1.82, 2.24) is 15.0 Å². The first-order valence-electron chi connectivity index (χ1n) is 5.21. The van der Waals surface area contributed by atoms with Crippen molar-refractivity contribution in [3.8, 4) is 5.69 Å². The molecule has 1 aromatic carbocycles. The Morgan fingerprint density at radius 3 is 2.94 bits per heavy atom. The van der Waals surface area contributed by atoms with Gasteiger partial charge in [-0.3, -0.25) is 4.79 Å². The SMILES string of the molecule is CCc1nn(-c2cccc(NC)c2)[nH]c1=O. The van der Waals surface area contributed by atoms with E-state index in [4.69, 9.17) is 0 Å². The zero-order valence-corrected chi connectivity index (χ0v) is 9.32. The lowest BCUT2D eigenvalue weighted by Gasteiger charge is -2.03. The topological polar surface area (TPSA) is 62.7 Å². The Hall–Kier alpha value is -2.04. The van der Waals surface area contributed by atoms with Crippen molar-refractivity contribution < 1.29 is 0 Å². The molecule has 0 saturated carbocycles. The van der Waals surface area contributed by atoms with Crippen LogP contribution in [0.25, 0.3) is 5.69 Å². The quantitative estimate of drug-likeness (QED) is 0.812. The molecule has 1 aromatic heterocycles. The zero-order valence-electron chi connectivity index (χ0n) is 9.32. The number of aromatic amines is 1. The summed E-state index contributed by atoms with van der Waals surface area (Å²) in [6.45, 7) is 1.91. The zero-order chi connectivity index (χ0) is 11.5. The van der Waals surface area contributed by atoms with Crippen LogP contribution in [0.15, 0.2) is 29.1 Å². The third kappa shape index (κ3) is 1.84. The molecular formula is C11H14N4O. The Labute approximate surface area is 93.1 Å². The normalized spacial score (nSPS) is 10.4. The van der Waals surface area contributed by atoms with Crippen molar-refractivity contribution in [3.05, 3.63) is 40.3 Å². The molecule has 2 N–H and O–H groups in total. The van der Waals surface area contributed by atoms with Gasteiger partial charge in [0.1, 0.15) is 5.69 Å². The molecule has 5 heteroatoms. The van der Waals surface area contributed by atoms with E-state index >= 15 is 0 Å². The highest BCUT2D eigenvalue weighted by molar-refractivity contribution is 5.49. The second-order valence-corrected chi connectivity index (χ2v) is 3.45. The van der Waals surface area contributed by atoms with Crippen LogP contribution in [0.1, 0.15) is 12.6 Å². The highest BCUT2D eigenvalue weighted by Gasteiger charge is 2.05. The van der Waals surface area contributed by atoms with E-state index in [-0.39, 0.29) is 5.56 Å². The fourth-order valence-corrected chi connectivity index (χ4v) is 1.50. The van der Waals surface area contributed by atoms with Gasteiger partial charge in [-0.15, -0.1) is 0 Å². The molecule has 0 fully saturated rings. The fourth-order valence-electron chi connectivity index (χ4n) is 1.50. The van der Waals surface area contributed by atoms with Crippen molar-refractivity contribution in [2.45, 2.75) is 13.3 Å². The number of rotatable bonds is 3. The van der Waals surface area contributed by atoms with Gasteiger partial charge in [-0.05, 0) is 24.6 Å².